The standard InChI is InChI=1S/C19H14O2/c1-20-17-12-11-15-14-9-5-6-10-16(14)21-19(15)18(17)13-7-3-2-4-8-13/h2-12H,1H3/i2D,3D,4D,7D,8D. The summed E-state index contributed by atoms with van der Waals surface area (Å²) in [6.45, 7) is 0. The van der Waals surface area contributed by atoms with Crippen LogP contribution >= 0.6 is 0 Å². The molecule has 0 saturated heterocycles. The second-order valence-electron chi connectivity index (χ2n) is 4.62. The number of para-hydroxylation sites is 1. The van der Waals surface area contributed by atoms with Gasteiger partial charge in [-0.1, -0.05) is 48.4 Å². The molecule has 0 unspecified atom stereocenters. The number of furan rings is 1. The molecule has 1 aromatic heterocycles. The normalized spacial score (nSPS) is 14.4. The molecular formula is C19H14O2. The SMILES string of the molecule is [2H]c1c([2H])c([2H])c(-c2c(OC)ccc3c2oc2ccccc23)c([2H])c1[2H]. The Hall–Kier alpha value is -2.74. The van der Waals surface area contributed by atoms with E-state index < -0.39 is 18.1 Å². The second kappa shape index (κ2) is 4.67. The molecule has 2 nitrogen and oxygen atoms in total. The van der Waals surface area contributed by atoms with Crippen molar-refractivity contribution >= 4 is 21.9 Å². The molecule has 3 aromatic carbocycles. The van der Waals surface area contributed by atoms with Crippen molar-refractivity contribution in [3.63, 3.8) is 0 Å². The molecule has 0 atom stereocenters. The minimum atomic E-state index is -0.431. The fourth-order valence-electron chi connectivity index (χ4n) is 2.55. The largest absolute Gasteiger partial charge is 0.496 e. The van der Waals surface area contributed by atoms with Crippen molar-refractivity contribution in [1.29, 1.82) is 0 Å². The number of methoxy groups -OCH3 is 1. The predicted octanol–water partition coefficient (Wildman–Crippen LogP) is 5.26. The number of benzene rings is 3. The smallest absolute Gasteiger partial charge is 0.146 e. The van der Waals surface area contributed by atoms with Gasteiger partial charge in [0.1, 0.15) is 16.9 Å². The summed E-state index contributed by atoms with van der Waals surface area (Å²) in [6.07, 6.45) is 0. The van der Waals surface area contributed by atoms with E-state index in [1.165, 1.54) is 7.11 Å². The van der Waals surface area contributed by atoms with E-state index in [0.717, 1.165) is 10.8 Å². The number of hydrogen-bond acceptors (Lipinski definition) is 2. The van der Waals surface area contributed by atoms with Gasteiger partial charge in [-0.05, 0) is 23.8 Å². The molecule has 0 saturated carbocycles. The highest BCUT2D eigenvalue weighted by atomic mass is 16.5. The third kappa shape index (κ3) is 1.80. The summed E-state index contributed by atoms with van der Waals surface area (Å²) >= 11 is 0. The summed E-state index contributed by atoms with van der Waals surface area (Å²) in [5.74, 6) is 0.384. The molecule has 0 aliphatic carbocycles. The monoisotopic (exact) mass is 279 g/mol. The van der Waals surface area contributed by atoms with Crippen molar-refractivity contribution in [3.05, 3.63) is 66.6 Å². The summed E-state index contributed by atoms with van der Waals surface area (Å²) < 4.78 is 51.7. The zero-order chi connectivity index (χ0) is 18.6. The maximum Gasteiger partial charge on any atom is 0.146 e. The number of ether oxygens (including phenoxy) is 1. The van der Waals surface area contributed by atoms with Crippen LogP contribution in [0, 0.1) is 0 Å². The zero-order valence-corrected chi connectivity index (χ0v) is 11.3. The predicted molar refractivity (Wildman–Crippen MR) is 85.7 cm³/mol. The lowest BCUT2D eigenvalue weighted by molar-refractivity contribution is 0.416. The van der Waals surface area contributed by atoms with Gasteiger partial charge in [0.15, 0.2) is 0 Å². The number of fused-ring (bicyclic) bond motifs is 3. The molecule has 0 bridgehead atoms. The molecule has 0 aliphatic rings. The van der Waals surface area contributed by atoms with Gasteiger partial charge in [-0.2, -0.15) is 0 Å². The van der Waals surface area contributed by atoms with Crippen LogP contribution in [0.5, 0.6) is 5.75 Å². The quantitative estimate of drug-likeness (QED) is 0.499. The summed E-state index contributed by atoms with van der Waals surface area (Å²) in [5.41, 5.74) is 1.52. The van der Waals surface area contributed by atoms with Crippen LogP contribution in [0.1, 0.15) is 6.85 Å². The summed E-state index contributed by atoms with van der Waals surface area (Å²) in [6, 6.07) is 9.26. The first-order valence-electron chi connectivity index (χ1n) is 9.01. The second-order valence-corrected chi connectivity index (χ2v) is 4.62. The van der Waals surface area contributed by atoms with Gasteiger partial charge >= 0.3 is 0 Å². The number of hydrogen-bond donors (Lipinski definition) is 0. The molecule has 0 amide bonds. The average Bonchev–Trinajstić information content (AvgIpc) is 3.04. The Kier molecular flexibility index (Phi) is 1.75. The van der Waals surface area contributed by atoms with Gasteiger partial charge < -0.3 is 9.15 Å². The lowest BCUT2D eigenvalue weighted by Gasteiger charge is -2.09. The summed E-state index contributed by atoms with van der Waals surface area (Å²) in [7, 11) is 1.47. The van der Waals surface area contributed by atoms with Crippen molar-refractivity contribution in [2.45, 2.75) is 0 Å². The molecule has 0 N–H and O–H groups in total. The van der Waals surface area contributed by atoms with E-state index in [-0.39, 0.29) is 17.6 Å². The Balaban J connectivity index is 2.22. The van der Waals surface area contributed by atoms with Gasteiger partial charge in [0.25, 0.3) is 0 Å². The van der Waals surface area contributed by atoms with E-state index in [4.69, 9.17) is 16.0 Å². The lowest BCUT2D eigenvalue weighted by atomic mass is 10.0. The van der Waals surface area contributed by atoms with Gasteiger partial charge in [0, 0.05) is 10.8 Å². The fraction of sp³-hybridized carbons (Fsp3) is 0.0526. The topological polar surface area (TPSA) is 22.4 Å². The van der Waals surface area contributed by atoms with Crippen molar-refractivity contribution in [1.82, 2.24) is 0 Å². The van der Waals surface area contributed by atoms with Crippen molar-refractivity contribution < 1.29 is 16.0 Å². The maximum absolute atomic E-state index is 8.28. The van der Waals surface area contributed by atoms with E-state index in [2.05, 4.69) is 0 Å². The third-order valence-corrected chi connectivity index (χ3v) is 3.48. The van der Waals surface area contributed by atoms with Gasteiger partial charge in [0.2, 0.25) is 0 Å². The first-order chi connectivity index (χ1) is 12.5. The number of rotatable bonds is 2. The molecule has 1 heterocycles. The van der Waals surface area contributed by atoms with Crippen LogP contribution in [0.2, 0.25) is 0 Å². The van der Waals surface area contributed by atoms with E-state index in [9.17, 15) is 0 Å². The van der Waals surface area contributed by atoms with E-state index in [1.54, 1.807) is 6.07 Å². The molecule has 4 rings (SSSR count). The summed E-state index contributed by atoms with van der Waals surface area (Å²) in [4.78, 5) is 0. The van der Waals surface area contributed by atoms with E-state index >= 15 is 0 Å². The summed E-state index contributed by atoms with van der Waals surface area (Å²) in [5, 5.41) is 1.68. The third-order valence-electron chi connectivity index (χ3n) is 3.48. The molecule has 0 spiro atoms. The van der Waals surface area contributed by atoms with Crippen molar-refractivity contribution in [3.8, 4) is 16.9 Å². The van der Waals surface area contributed by atoms with Crippen LogP contribution in [0.4, 0.5) is 0 Å². The first kappa shape index (κ1) is 7.89. The molecule has 21 heavy (non-hydrogen) atoms. The molecule has 4 aromatic rings. The molecule has 0 fully saturated rings. The molecule has 102 valence electrons. The van der Waals surface area contributed by atoms with Crippen LogP contribution in [-0.2, 0) is 0 Å². The zero-order valence-electron chi connectivity index (χ0n) is 16.3. The average molecular weight is 279 g/mol. The Morgan fingerprint density at radius 3 is 2.57 bits per heavy atom. The van der Waals surface area contributed by atoms with Crippen LogP contribution in [-0.4, -0.2) is 7.11 Å². The van der Waals surface area contributed by atoms with Crippen LogP contribution in [0.25, 0.3) is 33.1 Å². The van der Waals surface area contributed by atoms with Gasteiger partial charge in [0.05, 0.1) is 19.5 Å². The van der Waals surface area contributed by atoms with Crippen molar-refractivity contribution in [2.24, 2.45) is 0 Å². The van der Waals surface area contributed by atoms with E-state index in [1.807, 2.05) is 30.3 Å². The van der Waals surface area contributed by atoms with Gasteiger partial charge in [-0.25, -0.2) is 0 Å². The highest BCUT2D eigenvalue weighted by Crippen LogP contribution is 2.41. The van der Waals surface area contributed by atoms with Crippen LogP contribution < -0.4 is 4.74 Å². The fourth-order valence-corrected chi connectivity index (χ4v) is 2.55. The van der Waals surface area contributed by atoms with Crippen molar-refractivity contribution in [2.75, 3.05) is 7.11 Å². The Morgan fingerprint density at radius 1 is 0.952 bits per heavy atom. The molecule has 0 radical (unpaired) electrons. The van der Waals surface area contributed by atoms with Crippen LogP contribution in [0.15, 0.2) is 71.0 Å². The Labute approximate surface area is 129 Å². The lowest BCUT2D eigenvalue weighted by Crippen LogP contribution is -1.88. The molecular weight excluding hydrogens is 260 g/mol. The minimum Gasteiger partial charge on any atom is -0.496 e. The maximum atomic E-state index is 8.28. The Bertz CT molecular complexity index is 1150. The highest BCUT2D eigenvalue weighted by Gasteiger charge is 2.16. The van der Waals surface area contributed by atoms with Crippen LogP contribution in [0.3, 0.4) is 0 Å². The first-order valence-corrected chi connectivity index (χ1v) is 6.51. The Morgan fingerprint density at radius 2 is 1.76 bits per heavy atom. The van der Waals surface area contributed by atoms with Gasteiger partial charge in [-0.15, -0.1) is 0 Å². The minimum absolute atomic E-state index is 0.0671. The van der Waals surface area contributed by atoms with Gasteiger partial charge in [-0.3, -0.25) is 0 Å². The molecule has 2 heteroatoms. The molecule has 0 aliphatic heterocycles. The highest BCUT2D eigenvalue weighted by molar-refractivity contribution is 6.10. The van der Waals surface area contributed by atoms with E-state index in [0.29, 0.717) is 22.5 Å².